The van der Waals surface area contributed by atoms with Crippen LogP contribution < -0.4 is 11.1 Å². The molecule has 0 amide bonds. The second-order valence-electron chi connectivity index (χ2n) is 3.96. The van der Waals surface area contributed by atoms with Gasteiger partial charge in [-0.1, -0.05) is 31.2 Å². The first-order valence-electron chi connectivity index (χ1n) is 5.81. The molecule has 0 aliphatic heterocycles. The number of aromatic nitrogens is 1. The van der Waals surface area contributed by atoms with Crippen LogP contribution >= 0.6 is 0 Å². The number of anilines is 2. The molecule has 0 aliphatic carbocycles. The van der Waals surface area contributed by atoms with Gasteiger partial charge in [0, 0.05) is 12.7 Å². The third-order valence-corrected chi connectivity index (χ3v) is 2.73. The number of benzene rings is 1. The van der Waals surface area contributed by atoms with Gasteiger partial charge in [0.05, 0.1) is 5.69 Å². The summed E-state index contributed by atoms with van der Waals surface area (Å²) in [4.78, 5) is 4.19. The van der Waals surface area contributed by atoms with Crippen LogP contribution in [0.3, 0.4) is 0 Å². The maximum absolute atomic E-state index is 5.81. The normalized spacial score (nSPS) is 10.2. The van der Waals surface area contributed by atoms with Crippen LogP contribution in [0.4, 0.5) is 11.5 Å². The predicted octanol–water partition coefficient (Wildman–Crippen LogP) is 2.84. The molecule has 1 aromatic carbocycles. The monoisotopic (exact) mass is 227 g/mol. The quantitative estimate of drug-likeness (QED) is 0.844. The first-order valence-corrected chi connectivity index (χ1v) is 5.81. The number of nitrogens with two attached hydrogens (primary N) is 1. The van der Waals surface area contributed by atoms with Crippen molar-refractivity contribution in [3.8, 4) is 0 Å². The number of aryl methyl sites for hydroxylation is 1. The summed E-state index contributed by atoms with van der Waals surface area (Å²) in [5, 5.41) is 3.23. The summed E-state index contributed by atoms with van der Waals surface area (Å²) in [7, 11) is 0. The lowest BCUT2D eigenvalue weighted by Crippen LogP contribution is -2.04. The summed E-state index contributed by atoms with van der Waals surface area (Å²) in [6, 6.07) is 12.2. The Kier molecular flexibility index (Phi) is 3.60. The predicted molar refractivity (Wildman–Crippen MR) is 71.8 cm³/mol. The summed E-state index contributed by atoms with van der Waals surface area (Å²) >= 11 is 0. The SMILES string of the molecule is CCc1ccc(CNc2ncccc2N)cc1. The van der Waals surface area contributed by atoms with Crippen LogP contribution in [-0.2, 0) is 13.0 Å². The fourth-order valence-electron chi connectivity index (χ4n) is 1.64. The molecule has 0 saturated carbocycles. The van der Waals surface area contributed by atoms with E-state index in [2.05, 4.69) is 41.5 Å². The maximum Gasteiger partial charge on any atom is 0.149 e. The highest BCUT2D eigenvalue weighted by molar-refractivity contribution is 5.60. The van der Waals surface area contributed by atoms with Crippen molar-refractivity contribution in [2.75, 3.05) is 11.1 Å². The van der Waals surface area contributed by atoms with Crippen molar-refractivity contribution in [1.29, 1.82) is 0 Å². The van der Waals surface area contributed by atoms with Gasteiger partial charge < -0.3 is 11.1 Å². The highest BCUT2D eigenvalue weighted by atomic mass is 15.0. The standard InChI is InChI=1S/C14H17N3/c1-2-11-5-7-12(8-6-11)10-17-14-13(15)4-3-9-16-14/h3-9H,2,10,15H2,1H3,(H,16,17). The third kappa shape index (κ3) is 2.97. The molecule has 0 atom stereocenters. The van der Waals surface area contributed by atoms with Crippen LogP contribution in [0.5, 0.6) is 0 Å². The molecule has 1 aromatic heterocycles. The summed E-state index contributed by atoms with van der Waals surface area (Å²) in [6.45, 7) is 2.90. The molecule has 0 spiro atoms. The Morgan fingerprint density at radius 3 is 2.47 bits per heavy atom. The van der Waals surface area contributed by atoms with Gasteiger partial charge in [-0.05, 0) is 29.7 Å². The van der Waals surface area contributed by atoms with Crippen molar-refractivity contribution in [2.24, 2.45) is 0 Å². The van der Waals surface area contributed by atoms with E-state index in [0.29, 0.717) is 5.69 Å². The number of rotatable bonds is 4. The zero-order valence-electron chi connectivity index (χ0n) is 9.98. The molecule has 0 saturated heterocycles. The fourth-order valence-corrected chi connectivity index (χ4v) is 1.64. The number of nitrogens with zero attached hydrogens (tertiary/aromatic N) is 1. The van der Waals surface area contributed by atoms with Gasteiger partial charge in [0.25, 0.3) is 0 Å². The topological polar surface area (TPSA) is 50.9 Å². The molecule has 2 rings (SSSR count). The molecule has 0 fully saturated rings. The molecule has 0 bridgehead atoms. The van der Waals surface area contributed by atoms with Crippen molar-refractivity contribution in [3.63, 3.8) is 0 Å². The first-order chi connectivity index (χ1) is 8.29. The lowest BCUT2D eigenvalue weighted by atomic mass is 10.1. The molecule has 17 heavy (non-hydrogen) atoms. The zero-order chi connectivity index (χ0) is 12.1. The highest BCUT2D eigenvalue weighted by Gasteiger charge is 1.98. The van der Waals surface area contributed by atoms with E-state index in [1.165, 1.54) is 11.1 Å². The molecule has 0 unspecified atom stereocenters. The van der Waals surface area contributed by atoms with Crippen LogP contribution in [-0.4, -0.2) is 4.98 Å². The van der Waals surface area contributed by atoms with Crippen LogP contribution in [0.2, 0.25) is 0 Å². The van der Waals surface area contributed by atoms with Crippen LogP contribution in [0, 0.1) is 0 Å². The molecule has 3 N–H and O–H groups in total. The van der Waals surface area contributed by atoms with Crippen LogP contribution in [0.1, 0.15) is 18.1 Å². The Morgan fingerprint density at radius 2 is 1.82 bits per heavy atom. The van der Waals surface area contributed by atoms with Crippen molar-refractivity contribution in [1.82, 2.24) is 4.98 Å². The lowest BCUT2D eigenvalue weighted by molar-refractivity contribution is 1.09. The molecular weight excluding hydrogens is 210 g/mol. The van der Waals surface area contributed by atoms with E-state index in [4.69, 9.17) is 5.73 Å². The Balaban J connectivity index is 2.00. The highest BCUT2D eigenvalue weighted by Crippen LogP contribution is 2.14. The molecule has 3 heteroatoms. The summed E-state index contributed by atoms with van der Waals surface area (Å²) in [5.74, 6) is 0.743. The van der Waals surface area contributed by atoms with E-state index in [1.54, 1.807) is 6.20 Å². The molecule has 0 aliphatic rings. The van der Waals surface area contributed by atoms with Crippen molar-refractivity contribution >= 4 is 11.5 Å². The van der Waals surface area contributed by atoms with E-state index >= 15 is 0 Å². The van der Waals surface area contributed by atoms with Gasteiger partial charge in [0.2, 0.25) is 0 Å². The number of pyridine rings is 1. The minimum absolute atomic E-state index is 0.678. The minimum Gasteiger partial charge on any atom is -0.396 e. The molecular formula is C14H17N3. The average Bonchev–Trinajstić information content (AvgIpc) is 2.38. The van der Waals surface area contributed by atoms with E-state index in [0.717, 1.165) is 18.8 Å². The molecule has 0 radical (unpaired) electrons. The Morgan fingerprint density at radius 1 is 1.12 bits per heavy atom. The van der Waals surface area contributed by atoms with Gasteiger partial charge in [-0.2, -0.15) is 0 Å². The third-order valence-electron chi connectivity index (χ3n) is 2.73. The molecule has 2 aromatic rings. The summed E-state index contributed by atoms with van der Waals surface area (Å²) < 4.78 is 0. The molecule has 3 nitrogen and oxygen atoms in total. The number of hydrogen-bond donors (Lipinski definition) is 2. The van der Waals surface area contributed by atoms with Gasteiger partial charge in [0.1, 0.15) is 5.82 Å². The number of nitrogen functional groups attached to an aromatic ring is 1. The molecule has 1 heterocycles. The smallest absolute Gasteiger partial charge is 0.149 e. The molecule has 88 valence electrons. The van der Waals surface area contributed by atoms with E-state index in [-0.39, 0.29) is 0 Å². The zero-order valence-corrected chi connectivity index (χ0v) is 9.98. The van der Waals surface area contributed by atoms with Gasteiger partial charge in [-0.3, -0.25) is 0 Å². The maximum atomic E-state index is 5.81. The second kappa shape index (κ2) is 5.34. The van der Waals surface area contributed by atoms with Gasteiger partial charge in [0.15, 0.2) is 0 Å². The van der Waals surface area contributed by atoms with E-state index < -0.39 is 0 Å². The van der Waals surface area contributed by atoms with Gasteiger partial charge in [-0.15, -0.1) is 0 Å². The Labute approximate surface area is 102 Å². The summed E-state index contributed by atoms with van der Waals surface area (Å²) in [6.07, 6.45) is 2.81. The summed E-state index contributed by atoms with van der Waals surface area (Å²) in [5.41, 5.74) is 9.07. The van der Waals surface area contributed by atoms with Crippen LogP contribution in [0.25, 0.3) is 0 Å². The Bertz CT molecular complexity index is 477. The Hall–Kier alpha value is -2.03. The first kappa shape index (κ1) is 11.5. The van der Waals surface area contributed by atoms with Crippen LogP contribution in [0.15, 0.2) is 42.6 Å². The van der Waals surface area contributed by atoms with Gasteiger partial charge >= 0.3 is 0 Å². The second-order valence-corrected chi connectivity index (χ2v) is 3.96. The lowest BCUT2D eigenvalue weighted by Gasteiger charge is -2.08. The van der Waals surface area contributed by atoms with Crippen molar-refractivity contribution < 1.29 is 0 Å². The van der Waals surface area contributed by atoms with E-state index in [9.17, 15) is 0 Å². The minimum atomic E-state index is 0.678. The largest absolute Gasteiger partial charge is 0.396 e. The number of hydrogen-bond acceptors (Lipinski definition) is 3. The van der Waals surface area contributed by atoms with E-state index in [1.807, 2.05) is 12.1 Å². The fraction of sp³-hybridized carbons (Fsp3) is 0.214. The van der Waals surface area contributed by atoms with Gasteiger partial charge in [-0.25, -0.2) is 4.98 Å². The van der Waals surface area contributed by atoms with Crippen molar-refractivity contribution in [3.05, 3.63) is 53.7 Å². The average molecular weight is 227 g/mol. The number of nitrogens with one attached hydrogen (secondary N) is 1. The van der Waals surface area contributed by atoms with Crippen molar-refractivity contribution in [2.45, 2.75) is 19.9 Å².